The summed E-state index contributed by atoms with van der Waals surface area (Å²) in [6.07, 6.45) is 4.30. The molecule has 1 aliphatic heterocycles. The number of carbonyl (C=O) groups excluding carboxylic acids is 3. The molecule has 0 bridgehead atoms. The van der Waals surface area contributed by atoms with E-state index in [0.29, 0.717) is 16.3 Å². The summed E-state index contributed by atoms with van der Waals surface area (Å²) in [7, 11) is 0. The summed E-state index contributed by atoms with van der Waals surface area (Å²) in [6, 6.07) is 22.4. The number of carbonyl (C=O) groups is 3. The van der Waals surface area contributed by atoms with Crippen molar-refractivity contribution in [2.24, 2.45) is 0 Å². The monoisotopic (exact) mass is 444 g/mol. The van der Waals surface area contributed by atoms with E-state index in [1.54, 1.807) is 78.9 Å². The molecule has 1 heterocycles. The maximum atomic E-state index is 12.8. The van der Waals surface area contributed by atoms with E-state index < -0.39 is 17.8 Å². The molecule has 0 unspecified atom stereocenters. The fourth-order valence-electron chi connectivity index (χ4n) is 3.05. The van der Waals surface area contributed by atoms with Crippen LogP contribution in [0.3, 0.4) is 0 Å². The molecule has 1 saturated heterocycles. The fourth-order valence-corrected chi connectivity index (χ4v) is 3.17. The van der Waals surface area contributed by atoms with Crippen LogP contribution in [0, 0.1) is 0 Å². The largest absolute Gasteiger partial charge is 0.423 e. The standard InChI is InChI=1S/C25H17ClN2O4/c26-19-13-10-17(11-14-19)12-15-23(29)32-22-9-5-4-6-18(22)16-21-24(30)27-28(25(21)31)20-7-2-1-3-8-20/h1-16H,(H,27,30)/b15-12+,21-16+. The van der Waals surface area contributed by atoms with Crippen molar-refractivity contribution in [2.45, 2.75) is 0 Å². The lowest BCUT2D eigenvalue weighted by atomic mass is 10.1. The van der Waals surface area contributed by atoms with E-state index in [0.717, 1.165) is 5.56 Å². The molecule has 0 aliphatic carbocycles. The number of hydrogen-bond donors (Lipinski definition) is 1. The van der Waals surface area contributed by atoms with Gasteiger partial charge in [0.25, 0.3) is 11.8 Å². The predicted octanol–water partition coefficient (Wildman–Crippen LogP) is 4.42. The lowest BCUT2D eigenvalue weighted by Crippen LogP contribution is -2.35. The van der Waals surface area contributed by atoms with E-state index in [1.807, 2.05) is 6.07 Å². The van der Waals surface area contributed by atoms with Crippen molar-refractivity contribution in [1.29, 1.82) is 0 Å². The van der Waals surface area contributed by atoms with Crippen molar-refractivity contribution in [3.05, 3.63) is 107 Å². The third-order valence-corrected chi connectivity index (χ3v) is 4.87. The third kappa shape index (κ3) is 4.77. The Kier molecular flexibility index (Phi) is 6.14. The maximum Gasteiger partial charge on any atom is 0.336 e. The summed E-state index contributed by atoms with van der Waals surface area (Å²) < 4.78 is 5.43. The molecule has 0 atom stereocenters. The highest BCUT2D eigenvalue weighted by Gasteiger charge is 2.34. The Morgan fingerprint density at radius 1 is 0.906 bits per heavy atom. The number of nitrogens with zero attached hydrogens (tertiary/aromatic N) is 1. The lowest BCUT2D eigenvalue weighted by molar-refractivity contribution is -0.129. The van der Waals surface area contributed by atoms with E-state index in [9.17, 15) is 14.4 Å². The quantitative estimate of drug-likeness (QED) is 0.273. The summed E-state index contributed by atoms with van der Waals surface area (Å²) in [5.41, 5.74) is 4.24. The van der Waals surface area contributed by atoms with Crippen molar-refractivity contribution < 1.29 is 19.1 Å². The second kappa shape index (κ2) is 9.32. The average Bonchev–Trinajstić information content (AvgIpc) is 3.09. The highest BCUT2D eigenvalue weighted by Crippen LogP contribution is 2.25. The number of hydrazine groups is 1. The Hall–Kier alpha value is -4.16. The average molecular weight is 445 g/mol. The van der Waals surface area contributed by atoms with Gasteiger partial charge in [-0.3, -0.25) is 15.0 Å². The Morgan fingerprint density at radius 3 is 2.34 bits per heavy atom. The minimum absolute atomic E-state index is 0.0611. The van der Waals surface area contributed by atoms with Crippen molar-refractivity contribution in [3.63, 3.8) is 0 Å². The van der Waals surface area contributed by atoms with Crippen LogP contribution >= 0.6 is 11.6 Å². The van der Waals surface area contributed by atoms with Gasteiger partial charge < -0.3 is 4.74 Å². The molecule has 3 aromatic rings. The number of benzene rings is 3. The Balaban J connectivity index is 1.54. The maximum absolute atomic E-state index is 12.8. The molecule has 0 radical (unpaired) electrons. The molecular formula is C25H17ClN2O4. The zero-order valence-electron chi connectivity index (χ0n) is 16.7. The molecule has 0 saturated carbocycles. The van der Waals surface area contributed by atoms with Crippen molar-refractivity contribution >= 4 is 47.2 Å². The molecule has 2 amide bonds. The van der Waals surface area contributed by atoms with Gasteiger partial charge >= 0.3 is 5.97 Å². The van der Waals surface area contributed by atoms with Crippen molar-refractivity contribution in [1.82, 2.24) is 5.43 Å². The van der Waals surface area contributed by atoms with E-state index in [1.165, 1.54) is 17.2 Å². The van der Waals surface area contributed by atoms with E-state index in [4.69, 9.17) is 16.3 Å². The first-order valence-electron chi connectivity index (χ1n) is 9.68. The van der Waals surface area contributed by atoms with Gasteiger partial charge in [0.05, 0.1) is 5.69 Å². The molecule has 4 rings (SSSR count). The van der Waals surface area contributed by atoms with Crippen LogP contribution in [-0.2, 0) is 14.4 Å². The molecule has 1 N–H and O–H groups in total. The van der Waals surface area contributed by atoms with Gasteiger partial charge in [0.2, 0.25) is 0 Å². The molecule has 158 valence electrons. The summed E-state index contributed by atoms with van der Waals surface area (Å²) in [5, 5.41) is 1.78. The van der Waals surface area contributed by atoms with Crippen LogP contribution in [-0.4, -0.2) is 17.8 Å². The number of halogens is 1. The number of rotatable bonds is 5. The van der Waals surface area contributed by atoms with Gasteiger partial charge in [0.15, 0.2) is 0 Å². The van der Waals surface area contributed by atoms with Crippen LogP contribution in [0.25, 0.3) is 12.2 Å². The van der Waals surface area contributed by atoms with E-state index >= 15 is 0 Å². The van der Waals surface area contributed by atoms with Gasteiger partial charge in [0.1, 0.15) is 11.3 Å². The summed E-state index contributed by atoms with van der Waals surface area (Å²) in [6.45, 7) is 0. The second-order valence-corrected chi connectivity index (χ2v) is 7.26. The molecule has 7 heteroatoms. The molecule has 1 aliphatic rings. The number of esters is 1. The zero-order valence-corrected chi connectivity index (χ0v) is 17.5. The summed E-state index contributed by atoms with van der Waals surface area (Å²) in [5.74, 6) is -1.41. The SMILES string of the molecule is O=C(/C=C/c1ccc(Cl)cc1)Oc1ccccc1/C=C1\C(=O)NN(c2ccccc2)C1=O. The topological polar surface area (TPSA) is 75.7 Å². The minimum Gasteiger partial charge on any atom is -0.423 e. The number of hydrogen-bond acceptors (Lipinski definition) is 4. The number of nitrogens with one attached hydrogen (secondary N) is 1. The highest BCUT2D eigenvalue weighted by molar-refractivity contribution is 6.31. The summed E-state index contributed by atoms with van der Waals surface area (Å²) in [4.78, 5) is 37.5. The smallest absolute Gasteiger partial charge is 0.336 e. The van der Waals surface area contributed by atoms with Crippen molar-refractivity contribution in [3.8, 4) is 5.75 Å². The van der Waals surface area contributed by atoms with E-state index in [2.05, 4.69) is 5.43 Å². The van der Waals surface area contributed by atoms with E-state index in [-0.39, 0.29) is 11.3 Å². The molecule has 32 heavy (non-hydrogen) atoms. The Morgan fingerprint density at radius 2 is 1.59 bits per heavy atom. The molecule has 6 nitrogen and oxygen atoms in total. The van der Waals surface area contributed by atoms with Crippen LogP contribution in [0.5, 0.6) is 5.75 Å². The lowest BCUT2D eigenvalue weighted by Gasteiger charge is -2.13. The number of para-hydroxylation sites is 2. The zero-order chi connectivity index (χ0) is 22.5. The molecule has 0 spiro atoms. The molecular weight excluding hydrogens is 428 g/mol. The molecule has 0 aromatic heterocycles. The van der Waals surface area contributed by atoms with Gasteiger partial charge in [-0.2, -0.15) is 0 Å². The first-order chi connectivity index (χ1) is 15.5. The van der Waals surface area contributed by atoms with Crippen molar-refractivity contribution in [2.75, 3.05) is 5.01 Å². The number of anilines is 1. The molecule has 3 aromatic carbocycles. The first-order valence-corrected chi connectivity index (χ1v) is 10.1. The highest BCUT2D eigenvalue weighted by atomic mass is 35.5. The van der Waals surface area contributed by atoms with Gasteiger partial charge in [-0.25, -0.2) is 9.80 Å². The van der Waals surface area contributed by atoms with Crippen LogP contribution in [0.2, 0.25) is 5.02 Å². The van der Waals surface area contributed by atoms with Gasteiger partial charge in [-0.05, 0) is 48.0 Å². The van der Waals surface area contributed by atoms with Crippen LogP contribution in [0.15, 0.2) is 90.5 Å². The third-order valence-electron chi connectivity index (χ3n) is 4.62. The van der Waals surface area contributed by atoms with Crippen LogP contribution in [0.4, 0.5) is 5.69 Å². The Bertz CT molecular complexity index is 1230. The van der Waals surface area contributed by atoms with Gasteiger partial charge in [-0.1, -0.05) is 60.1 Å². The minimum atomic E-state index is -0.598. The number of ether oxygens (including phenoxy) is 1. The fraction of sp³-hybridized carbons (Fsp3) is 0. The normalized spacial score (nSPS) is 14.8. The predicted molar refractivity (Wildman–Crippen MR) is 123 cm³/mol. The number of amides is 2. The Labute approximate surface area is 189 Å². The van der Waals surface area contributed by atoms with Crippen LogP contribution in [0.1, 0.15) is 11.1 Å². The summed E-state index contributed by atoms with van der Waals surface area (Å²) >= 11 is 5.86. The van der Waals surface area contributed by atoms with Gasteiger partial charge in [-0.15, -0.1) is 0 Å². The first kappa shape index (κ1) is 21.1. The second-order valence-electron chi connectivity index (χ2n) is 6.82. The molecule has 1 fully saturated rings. The van der Waals surface area contributed by atoms with Crippen LogP contribution < -0.4 is 15.2 Å². The van der Waals surface area contributed by atoms with Gasteiger partial charge in [0, 0.05) is 16.7 Å².